The molecule has 0 saturated carbocycles. The van der Waals surface area contributed by atoms with Crippen LogP contribution in [0.3, 0.4) is 0 Å². The fourth-order valence-electron chi connectivity index (χ4n) is 3.04. The third-order valence-electron chi connectivity index (χ3n) is 4.58. The standard InChI is InChI=1S/C18H21N3O4S2.ClH/c1-3-27(24,25)12-6-4-11(5-7-12)17(23)20-18-15(16(19)22)13-8-9-21(2)10-14(13)26-18;/h4-7H,3,8-10H2,1-2H3,(H2,19,22)(H,20,23);1H. The minimum absolute atomic E-state index is 0. The summed E-state index contributed by atoms with van der Waals surface area (Å²) in [7, 11) is -1.32. The van der Waals surface area contributed by atoms with Gasteiger partial charge < -0.3 is 16.0 Å². The number of likely N-dealkylation sites (N-methyl/N-ethyl adjacent to an activating group) is 1. The normalized spacial score (nSPS) is 14.1. The van der Waals surface area contributed by atoms with Crippen molar-refractivity contribution < 1.29 is 18.0 Å². The van der Waals surface area contributed by atoms with Crippen LogP contribution >= 0.6 is 23.7 Å². The number of benzene rings is 1. The van der Waals surface area contributed by atoms with Crippen molar-refractivity contribution in [2.45, 2.75) is 24.8 Å². The van der Waals surface area contributed by atoms with Crippen LogP contribution in [-0.4, -0.2) is 44.5 Å². The first-order valence-electron chi connectivity index (χ1n) is 8.50. The third-order valence-corrected chi connectivity index (χ3v) is 7.46. The number of hydrogen-bond acceptors (Lipinski definition) is 6. The van der Waals surface area contributed by atoms with Gasteiger partial charge in [-0.25, -0.2) is 8.42 Å². The van der Waals surface area contributed by atoms with Crippen molar-refractivity contribution in [3.05, 3.63) is 45.8 Å². The molecule has 0 unspecified atom stereocenters. The van der Waals surface area contributed by atoms with Crippen LogP contribution in [0.4, 0.5) is 5.00 Å². The van der Waals surface area contributed by atoms with E-state index < -0.39 is 21.7 Å². The maximum Gasteiger partial charge on any atom is 0.256 e. The molecule has 0 fully saturated rings. The van der Waals surface area contributed by atoms with E-state index >= 15 is 0 Å². The third kappa shape index (κ3) is 4.38. The summed E-state index contributed by atoms with van der Waals surface area (Å²) in [6.07, 6.45) is 0.708. The Hall–Kier alpha value is -1.94. The molecule has 1 aliphatic heterocycles. The van der Waals surface area contributed by atoms with Crippen molar-refractivity contribution in [1.82, 2.24) is 4.90 Å². The van der Waals surface area contributed by atoms with E-state index in [1.165, 1.54) is 35.6 Å². The Kier molecular flexibility index (Phi) is 6.87. The largest absolute Gasteiger partial charge is 0.365 e. The molecular formula is C18H22ClN3O4S2. The van der Waals surface area contributed by atoms with Crippen LogP contribution in [0.2, 0.25) is 0 Å². The minimum atomic E-state index is -3.32. The number of fused-ring (bicyclic) bond motifs is 1. The van der Waals surface area contributed by atoms with Gasteiger partial charge in [-0.1, -0.05) is 6.92 Å². The summed E-state index contributed by atoms with van der Waals surface area (Å²) < 4.78 is 23.8. The Labute approximate surface area is 174 Å². The number of carbonyl (C=O) groups excluding carboxylic acids is 2. The van der Waals surface area contributed by atoms with Crippen LogP contribution in [0.5, 0.6) is 0 Å². The molecule has 0 bridgehead atoms. The van der Waals surface area contributed by atoms with Crippen molar-refractivity contribution in [3.8, 4) is 0 Å². The van der Waals surface area contributed by atoms with E-state index in [0.717, 1.165) is 17.0 Å². The van der Waals surface area contributed by atoms with E-state index in [4.69, 9.17) is 5.73 Å². The van der Waals surface area contributed by atoms with Gasteiger partial charge in [-0.15, -0.1) is 23.7 Å². The van der Waals surface area contributed by atoms with Gasteiger partial charge in [0.25, 0.3) is 11.8 Å². The van der Waals surface area contributed by atoms with Gasteiger partial charge in [0.05, 0.1) is 16.2 Å². The smallest absolute Gasteiger partial charge is 0.256 e. The predicted octanol–water partition coefficient (Wildman–Crippen LogP) is 2.30. The molecule has 0 atom stereocenters. The summed E-state index contributed by atoms with van der Waals surface area (Å²) >= 11 is 1.36. The molecule has 10 heteroatoms. The van der Waals surface area contributed by atoms with Crippen molar-refractivity contribution >= 4 is 50.4 Å². The van der Waals surface area contributed by atoms with E-state index in [1.807, 2.05) is 7.05 Å². The van der Waals surface area contributed by atoms with Gasteiger partial charge in [0.2, 0.25) is 0 Å². The fraction of sp³-hybridized carbons (Fsp3) is 0.333. The Morgan fingerprint density at radius 1 is 1.25 bits per heavy atom. The van der Waals surface area contributed by atoms with Crippen molar-refractivity contribution in [3.63, 3.8) is 0 Å². The molecule has 3 N–H and O–H groups in total. The van der Waals surface area contributed by atoms with Gasteiger partial charge in [-0.2, -0.15) is 0 Å². The number of nitrogens with zero attached hydrogens (tertiary/aromatic N) is 1. The van der Waals surface area contributed by atoms with Crippen LogP contribution in [0.25, 0.3) is 0 Å². The lowest BCUT2D eigenvalue weighted by atomic mass is 10.0. The van der Waals surface area contributed by atoms with E-state index in [0.29, 0.717) is 29.1 Å². The highest BCUT2D eigenvalue weighted by molar-refractivity contribution is 7.91. The van der Waals surface area contributed by atoms with E-state index in [2.05, 4.69) is 10.2 Å². The summed E-state index contributed by atoms with van der Waals surface area (Å²) in [6, 6.07) is 5.75. The van der Waals surface area contributed by atoms with Crippen LogP contribution in [0.1, 0.15) is 38.1 Å². The number of rotatable bonds is 5. The molecule has 0 saturated heterocycles. The fourth-order valence-corrected chi connectivity index (χ4v) is 5.25. The minimum Gasteiger partial charge on any atom is -0.365 e. The summed E-state index contributed by atoms with van der Waals surface area (Å²) in [5, 5.41) is 3.21. The Balaban J connectivity index is 0.00000280. The first-order valence-corrected chi connectivity index (χ1v) is 11.0. The molecule has 2 heterocycles. The van der Waals surface area contributed by atoms with Crippen LogP contribution in [0, 0.1) is 0 Å². The monoisotopic (exact) mass is 443 g/mol. The lowest BCUT2D eigenvalue weighted by molar-refractivity contribution is 0.1000. The number of halogens is 1. The quantitative estimate of drug-likeness (QED) is 0.736. The molecule has 1 aliphatic rings. The number of sulfone groups is 1. The molecule has 1 aromatic heterocycles. The number of anilines is 1. The zero-order chi connectivity index (χ0) is 19.8. The molecule has 3 rings (SSSR count). The van der Waals surface area contributed by atoms with Gasteiger partial charge in [-0.3, -0.25) is 9.59 Å². The molecule has 2 aromatic rings. The first-order chi connectivity index (χ1) is 12.7. The summed E-state index contributed by atoms with van der Waals surface area (Å²) in [5.41, 5.74) is 7.14. The second-order valence-electron chi connectivity index (χ2n) is 6.44. The first kappa shape index (κ1) is 22.4. The maximum absolute atomic E-state index is 12.6. The molecule has 152 valence electrons. The van der Waals surface area contributed by atoms with Crippen LogP contribution < -0.4 is 11.1 Å². The van der Waals surface area contributed by atoms with E-state index in [9.17, 15) is 18.0 Å². The molecule has 7 nitrogen and oxygen atoms in total. The SMILES string of the molecule is CCS(=O)(=O)c1ccc(C(=O)Nc2sc3c(c2C(N)=O)CCN(C)C3)cc1.Cl. The van der Waals surface area contributed by atoms with E-state index in [-0.39, 0.29) is 23.1 Å². The lowest BCUT2D eigenvalue weighted by Crippen LogP contribution is -2.27. The van der Waals surface area contributed by atoms with Gasteiger partial charge >= 0.3 is 0 Å². The molecule has 0 radical (unpaired) electrons. The topological polar surface area (TPSA) is 110 Å². The number of amides is 2. The van der Waals surface area contributed by atoms with Gasteiger partial charge in [0.1, 0.15) is 5.00 Å². The Bertz CT molecular complexity index is 1000. The van der Waals surface area contributed by atoms with E-state index in [1.54, 1.807) is 6.92 Å². The number of hydrogen-bond donors (Lipinski definition) is 2. The number of thiophene rings is 1. The van der Waals surface area contributed by atoms with Gasteiger partial charge in [0, 0.05) is 23.5 Å². The molecule has 0 spiro atoms. The van der Waals surface area contributed by atoms with Crippen LogP contribution in [0.15, 0.2) is 29.2 Å². The molecule has 0 aliphatic carbocycles. The summed E-state index contributed by atoms with van der Waals surface area (Å²) in [5.74, 6) is -0.975. The van der Waals surface area contributed by atoms with Gasteiger partial charge in [0.15, 0.2) is 9.84 Å². The average molecular weight is 444 g/mol. The Morgan fingerprint density at radius 2 is 1.89 bits per heavy atom. The summed E-state index contributed by atoms with van der Waals surface area (Å²) in [6.45, 7) is 3.10. The number of primary amides is 1. The molecule has 1 aromatic carbocycles. The predicted molar refractivity (Wildman–Crippen MR) is 112 cm³/mol. The molecule has 28 heavy (non-hydrogen) atoms. The number of carbonyl (C=O) groups is 2. The number of nitrogens with two attached hydrogens (primary N) is 1. The van der Waals surface area contributed by atoms with Crippen LogP contribution in [-0.2, 0) is 22.8 Å². The second kappa shape index (κ2) is 8.60. The second-order valence-corrected chi connectivity index (χ2v) is 9.83. The van der Waals surface area contributed by atoms with Gasteiger partial charge in [-0.05, 0) is 43.3 Å². The van der Waals surface area contributed by atoms with Crippen molar-refractivity contribution in [2.75, 3.05) is 24.7 Å². The number of nitrogens with one attached hydrogen (secondary N) is 1. The van der Waals surface area contributed by atoms with Crippen molar-refractivity contribution in [2.24, 2.45) is 5.73 Å². The van der Waals surface area contributed by atoms with Crippen molar-refractivity contribution in [1.29, 1.82) is 0 Å². The molecule has 2 amide bonds. The Morgan fingerprint density at radius 3 is 2.46 bits per heavy atom. The zero-order valence-electron chi connectivity index (χ0n) is 15.5. The maximum atomic E-state index is 12.6. The summed E-state index contributed by atoms with van der Waals surface area (Å²) in [4.78, 5) is 27.9. The highest BCUT2D eigenvalue weighted by atomic mass is 35.5. The highest BCUT2D eigenvalue weighted by Crippen LogP contribution is 2.36. The lowest BCUT2D eigenvalue weighted by Gasteiger charge is -2.22. The zero-order valence-corrected chi connectivity index (χ0v) is 18.0. The highest BCUT2D eigenvalue weighted by Gasteiger charge is 2.26. The average Bonchev–Trinajstić information content (AvgIpc) is 2.98. The molecular weight excluding hydrogens is 422 g/mol.